The van der Waals surface area contributed by atoms with Gasteiger partial charge in [0.2, 0.25) is 18.7 Å². The predicted molar refractivity (Wildman–Crippen MR) is 161 cm³/mol. The summed E-state index contributed by atoms with van der Waals surface area (Å²) in [4.78, 5) is 45.1. The Morgan fingerprint density at radius 1 is 1.00 bits per heavy atom. The van der Waals surface area contributed by atoms with Crippen LogP contribution in [0.2, 0.25) is 0 Å². The second-order valence-electron chi connectivity index (χ2n) is 11.9. The lowest BCUT2D eigenvalue weighted by Crippen LogP contribution is -2.54. The van der Waals surface area contributed by atoms with Crippen molar-refractivity contribution < 1.29 is 18.8 Å². The molecule has 2 rings (SSSR count). The summed E-state index contributed by atoms with van der Waals surface area (Å²) >= 11 is 0. The molecule has 0 aromatic rings. The molecule has 0 aliphatic heterocycles. The van der Waals surface area contributed by atoms with Crippen LogP contribution in [0.4, 0.5) is 4.39 Å². The number of rotatable bonds is 17. The molecule has 0 aromatic carbocycles. The summed E-state index contributed by atoms with van der Waals surface area (Å²) in [5, 5.41) is 5.77. The highest BCUT2D eigenvalue weighted by molar-refractivity contribution is 5.93. The number of nitrogens with one attached hydrogen (secondary N) is 2. The Labute approximate surface area is 245 Å². The minimum Gasteiger partial charge on any atom is -0.369 e. The van der Waals surface area contributed by atoms with Crippen molar-refractivity contribution in [2.75, 3.05) is 53.0 Å². The van der Waals surface area contributed by atoms with Crippen molar-refractivity contribution in [2.24, 2.45) is 22.4 Å². The third kappa shape index (κ3) is 12.1. The molecule has 6 N–H and O–H groups in total. The number of amides is 3. The van der Waals surface area contributed by atoms with Crippen LogP contribution >= 0.6 is 0 Å². The molecule has 0 atom stereocenters. The first-order valence-electron chi connectivity index (χ1n) is 15.0. The van der Waals surface area contributed by atoms with Crippen LogP contribution < -0.4 is 22.1 Å². The lowest BCUT2D eigenvalue weighted by molar-refractivity contribution is -0.135. The molecule has 0 heterocycles. The number of hydrogen-bond donors (Lipinski definition) is 4. The molecular weight excluding hydrogens is 527 g/mol. The van der Waals surface area contributed by atoms with Crippen LogP contribution in [0.5, 0.6) is 0 Å². The standard InChI is InChI=1S/C29H53FN8O3/c1-29(2,32)28(41)36(18-14-34-21-39)19-15-35-27(33-3)12-16-38(22-40)26-8-4-23(5-9-26)20-37(17-13-30)25-10-6-24(31)7-11-25/h12,16,21-26H,4-11,13-15,17-20,31-32H2,1-3H3,(H,33,35)(H,34,39)/b16-12-. The van der Waals surface area contributed by atoms with E-state index in [-0.39, 0.29) is 24.7 Å². The van der Waals surface area contributed by atoms with E-state index >= 15 is 0 Å². The number of nitrogens with two attached hydrogens (primary N) is 2. The fourth-order valence-corrected chi connectivity index (χ4v) is 5.87. The van der Waals surface area contributed by atoms with Crippen LogP contribution in [-0.2, 0) is 14.4 Å². The van der Waals surface area contributed by atoms with Gasteiger partial charge >= 0.3 is 0 Å². The third-order valence-electron chi connectivity index (χ3n) is 8.26. The van der Waals surface area contributed by atoms with Gasteiger partial charge in [0, 0.05) is 70.6 Å². The Bertz CT molecular complexity index is 849. The summed E-state index contributed by atoms with van der Waals surface area (Å²) in [7, 11) is 1.66. The third-order valence-corrected chi connectivity index (χ3v) is 8.26. The van der Waals surface area contributed by atoms with Crippen molar-refractivity contribution in [1.82, 2.24) is 25.3 Å². The van der Waals surface area contributed by atoms with Crippen molar-refractivity contribution in [3.8, 4) is 0 Å². The first-order valence-corrected chi connectivity index (χ1v) is 15.0. The maximum atomic E-state index is 13.3. The number of hydrogen-bond acceptors (Lipinski definition) is 7. The van der Waals surface area contributed by atoms with E-state index in [2.05, 4.69) is 20.5 Å². The highest BCUT2D eigenvalue weighted by atomic mass is 19.1. The van der Waals surface area contributed by atoms with Crippen molar-refractivity contribution in [3.63, 3.8) is 0 Å². The zero-order valence-corrected chi connectivity index (χ0v) is 25.3. The van der Waals surface area contributed by atoms with Crippen LogP contribution in [0.3, 0.4) is 0 Å². The Balaban J connectivity index is 1.85. The van der Waals surface area contributed by atoms with Gasteiger partial charge in [0.05, 0.1) is 5.54 Å². The number of carbonyl (C=O) groups excluding carboxylic acids is 3. The lowest BCUT2D eigenvalue weighted by Gasteiger charge is -2.40. The predicted octanol–water partition coefficient (Wildman–Crippen LogP) is 0.989. The monoisotopic (exact) mass is 580 g/mol. The van der Waals surface area contributed by atoms with Gasteiger partial charge < -0.3 is 31.9 Å². The van der Waals surface area contributed by atoms with Crippen LogP contribution in [-0.4, -0.2) is 116 Å². The smallest absolute Gasteiger partial charge is 0.242 e. The van der Waals surface area contributed by atoms with Crippen LogP contribution in [0, 0.1) is 5.92 Å². The number of nitrogens with zero attached hydrogens (tertiary/aromatic N) is 4. The van der Waals surface area contributed by atoms with Gasteiger partial charge in [-0.15, -0.1) is 0 Å². The molecule has 12 heteroatoms. The minimum absolute atomic E-state index is 0.116. The van der Waals surface area contributed by atoms with Gasteiger partial charge in [-0.3, -0.25) is 24.3 Å². The van der Waals surface area contributed by atoms with Gasteiger partial charge in [0.15, 0.2) is 0 Å². The number of amidine groups is 1. The van der Waals surface area contributed by atoms with Crippen molar-refractivity contribution >= 4 is 24.6 Å². The van der Waals surface area contributed by atoms with Gasteiger partial charge in [-0.25, -0.2) is 4.39 Å². The van der Waals surface area contributed by atoms with Crippen LogP contribution in [0.25, 0.3) is 0 Å². The minimum atomic E-state index is -1.03. The van der Waals surface area contributed by atoms with Crippen LogP contribution in [0.15, 0.2) is 17.3 Å². The number of aliphatic imine (C=N–C) groups is 1. The topological polar surface area (TPSA) is 149 Å². The Hall–Kier alpha value is -2.57. The summed E-state index contributed by atoms with van der Waals surface area (Å²) in [6.07, 6.45) is 12.9. The van der Waals surface area contributed by atoms with E-state index in [0.29, 0.717) is 56.9 Å². The normalized spacial score (nSPS) is 23.8. The second-order valence-corrected chi connectivity index (χ2v) is 11.9. The van der Waals surface area contributed by atoms with Crippen molar-refractivity contribution in [3.05, 3.63) is 12.3 Å². The SMILES string of the molecule is CN=C(/C=C\N(C=O)C1CCC(CN(CCF)C2CCC(N)CC2)CC1)NCCN(CCNC=O)C(=O)C(C)(C)N. The summed E-state index contributed by atoms with van der Waals surface area (Å²) in [6.45, 7) is 5.86. The first kappa shape index (κ1) is 34.6. The lowest BCUT2D eigenvalue weighted by atomic mass is 9.84. The van der Waals surface area contributed by atoms with Crippen molar-refractivity contribution in [1.29, 1.82) is 0 Å². The number of halogens is 1. The summed E-state index contributed by atoms with van der Waals surface area (Å²) < 4.78 is 13.3. The van der Waals surface area contributed by atoms with E-state index in [0.717, 1.165) is 64.3 Å². The zero-order chi connectivity index (χ0) is 30.3. The molecule has 41 heavy (non-hydrogen) atoms. The molecule has 0 unspecified atom stereocenters. The van der Waals surface area contributed by atoms with Gasteiger partial charge in [-0.1, -0.05) is 0 Å². The molecule has 2 fully saturated rings. The molecule has 0 spiro atoms. The maximum Gasteiger partial charge on any atom is 0.242 e. The largest absolute Gasteiger partial charge is 0.369 e. The fourth-order valence-electron chi connectivity index (χ4n) is 5.87. The van der Waals surface area contributed by atoms with Crippen molar-refractivity contribution in [2.45, 2.75) is 88.9 Å². The van der Waals surface area contributed by atoms with E-state index < -0.39 is 5.54 Å². The van der Waals surface area contributed by atoms with Gasteiger partial charge in [0.25, 0.3) is 0 Å². The molecule has 0 saturated heterocycles. The quantitative estimate of drug-likeness (QED) is 0.0867. The van der Waals surface area contributed by atoms with E-state index in [1.54, 1.807) is 43.0 Å². The highest BCUT2D eigenvalue weighted by Gasteiger charge is 2.30. The van der Waals surface area contributed by atoms with Gasteiger partial charge in [0.1, 0.15) is 12.5 Å². The summed E-state index contributed by atoms with van der Waals surface area (Å²) in [6, 6.07) is 0.826. The summed E-state index contributed by atoms with van der Waals surface area (Å²) in [5.41, 5.74) is 11.0. The molecule has 0 radical (unpaired) electrons. The molecule has 0 aromatic heterocycles. The van der Waals surface area contributed by atoms with E-state index in [9.17, 15) is 18.8 Å². The fraction of sp³-hybridized carbons (Fsp3) is 0.793. The molecule has 11 nitrogen and oxygen atoms in total. The number of alkyl halides is 1. The van der Waals surface area contributed by atoms with E-state index in [1.165, 1.54) is 0 Å². The molecule has 2 aliphatic rings. The average molecular weight is 581 g/mol. The number of carbonyl (C=O) groups is 3. The zero-order valence-electron chi connectivity index (χ0n) is 25.3. The maximum absolute atomic E-state index is 13.3. The Kier molecular flexibility index (Phi) is 15.3. The summed E-state index contributed by atoms with van der Waals surface area (Å²) in [5.74, 6) is 0.882. The molecule has 3 amide bonds. The highest BCUT2D eigenvalue weighted by Crippen LogP contribution is 2.30. The van der Waals surface area contributed by atoms with E-state index in [1.807, 2.05) is 0 Å². The van der Waals surface area contributed by atoms with Gasteiger partial charge in [-0.05, 0) is 77.2 Å². The molecule has 234 valence electrons. The molecule has 2 aliphatic carbocycles. The molecule has 2 saturated carbocycles. The average Bonchev–Trinajstić information content (AvgIpc) is 2.95. The van der Waals surface area contributed by atoms with E-state index in [4.69, 9.17) is 11.5 Å². The first-order chi connectivity index (χ1) is 19.6. The second kappa shape index (κ2) is 18.1. The van der Waals surface area contributed by atoms with Gasteiger partial charge in [-0.2, -0.15) is 0 Å². The Morgan fingerprint density at radius 2 is 1.63 bits per heavy atom. The Morgan fingerprint density at radius 3 is 2.20 bits per heavy atom. The van der Waals surface area contributed by atoms with Crippen LogP contribution in [0.1, 0.15) is 65.2 Å². The molecular formula is C29H53FN8O3. The molecule has 0 bridgehead atoms.